The van der Waals surface area contributed by atoms with Crippen LogP contribution >= 0.6 is 0 Å². The van der Waals surface area contributed by atoms with Crippen LogP contribution in [0.25, 0.3) is 0 Å². The highest BCUT2D eigenvalue weighted by atomic mass is 16.6. The average Bonchev–Trinajstić information content (AvgIpc) is 2.96. The summed E-state index contributed by atoms with van der Waals surface area (Å²) in [6, 6.07) is 30.6. The number of rotatable bonds is 7. The summed E-state index contributed by atoms with van der Waals surface area (Å²) in [5, 5.41) is 21.7. The van der Waals surface area contributed by atoms with Gasteiger partial charge in [0.2, 0.25) is 0 Å². The van der Waals surface area contributed by atoms with Crippen molar-refractivity contribution in [3.05, 3.63) is 108 Å². The second-order valence-corrected chi connectivity index (χ2v) is 10.2. The number of aliphatic hydroxyl groups is 2. The molecule has 7 nitrogen and oxygen atoms in total. The fourth-order valence-electron chi connectivity index (χ4n) is 4.74. The van der Waals surface area contributed by atoms with E-state index in [1.165, 1.54) is 11.1 Å². The highest BCUT2D eigenvalue weighted by Gasteiger charge is 2.20. The molecule has 7 heteroatoms. The van der Waals surface area contributed by atoms with Gasteiger partial charge < -0.3 is 24.4 Å². The van der Waals surface area contributed by atoms with Gasteiger partial charge in [-0.3, -0.25) is 9.80 Å². The maximum atomic E-state index is 10.9. The van der Waals surface area contributed by atoms with E-state index in [-0.39, 0.29) is 19.3 Å². The Hall–Kier alpha value is -2.62. The smallest absolute Gasteiger partial charge is 0.105 e. The van der Waals surface area contributed by atoms with Crippen LogP contribution in [0.3, 0.4) is 0 Å². The molecule has 1 heterocycles. The van der Waals surface area contributed by atoms with Crippen molar-refractivity contribution in [2.75, 3.05) is 52.6 Å². The zero-order valence-corrected chi connectivity index (χ0v) is 22.7. The van der Waals surface area contributed by atoms with Gasteiger partial charge in [-0.1, -0.05) is 91.0 Å². The summed E-state index contributed by atoms with van der Waals surface area (Å²) < 4.78 is 17.9. The van der Waals surface area contributed by atoms with Crippen LogP contribution in [0.2, 0.25) is 0 Å². The van der Waals surface area contributed by atoms with Gasteiger partial charge in [0.15, 0.2) is 0 Å². The summed E-state index contributed by atoms with van der Waals surface area (Å²) in [4.78, 5) is 4.51. The van der Waals surface area contributed by atoms with Crippen molar-refractivity contribution in [2.24, 2.45) is 0 Å². The Morgan fingerprint density at radius 3 is 1.44 bits per heavy atom. The van der Waals surface area contributed by atoms with E-state index in [2.05, 4.69) is 34.1 Å². The third kappa shape index (κ3) is 11.2. The lowest BCUT2D eigenvalue weighted by molar-refractivity contribution is -0.0882. The molecule has 39 heavy (non-hydrogen) atoms. The predicted molar refractivity (Wildman–Crippen MR) is 152 cm³/mol. The molecule has 0 spiro atoms. The zero-order valence-electron chi connectivity index (χ0n) is 22.7. The normalized spacial score (nSPS) is 23.1. The van der Waals surface area contributed by atoms with Gasteiger partial charge in [0, 0.05) is 39.3 Å². The summed E-state index contributed by atoms with van der Waals surface area (Å²) in [5.74, 6) is 0. The first-order chi connectivity index (χ1) is 19.1. The lowest BCUT2D eigenvalue weighted by atomic mass is 10.2. The Morgan fingerprint density at radius 2 is 1.00 bits per heavy atom. The molecular formula is C32H42N2O5. The van der Waals surface area contributed by atoms with Crippen molar-refractivity contribution in [2.45, 2.75) is 38.0 Å². The summed E-state index contributed by atoms with van der Waals surface area (Å²) >= 11 is 0. The second kappa shape index (κ2) is 16.5. The molecule has 1 aliphatic heterocycles. The van der Waals surface area contributed by atoms with Gasteiger partial charge in [-0.05, 0) is 16.7 Å². The molecule has 210 valence electrons. The zero-order chi connectivity index (χ0) is 27.1. The maximum Gasteiger partial charge on any atom is 0.105 e. The third-order valence-corrected chi connectivity index (χ3v) is 6.72. The quantitative estimate of drug-likeness (QED) is 0.482. The minimum absolute atomic E-state index is 0.215. The molecule has 1 aliphatic rings. The molecule has 4 rings (SSSR count). The molecular weight excluding hydrogens is 492 g/mol. The monoisotopic (exact) mass is 534 g/mol. The van der Waals surface area contributed by atoms with E-state index >= 15 is 0 Å². The van der Waals surface area contributed by atoms with Gasteiger partial charge in [-0.25, -0.2) is 0 Å². The lowest BCUT2D eigenvalue weighted by Gasteiger charge is -2.30. The van der Waals surface area contributed by atoms with Gasteiger partial charge in [0.1, 0.15) is 6.10 Å². The highest BCUT2D eigenvalue weighted by Crippen LogP contribution is 2.11. The van der Waals surface area contributed by atoms with E-state index < -0.39 is 12.2 Å². The Balaban J connectivity index is 1.43. The number of aliphatic hydroxyl groups excluding tert-OH is 2. The fourth-order valence-corrected chi connectivity index (χ4v) is 4.74. The number of β-amino-alcohol motifs (C(OH)–C–C–N with tert-alkyl or cyclic N) is 2. The molecule has 2 unspecified atom stereocenters. The van der Waals surface area contributed by atoms with Crippen LogP contribution in [0, 0.1) is 0 Å². The predicted octanol–water partition coefficient (Wildman–Crippen LogP) is 3.34. The van der Waals surface area contributed by atoms with Crippen LogP contribution in [-0.2, 0) is 33.9 Å². The minimum atomic E-state index is -0.636. The second-order valence-electron chi connectivity index (χ2n) is 10.2. The van der Waals surface area contributed by atoms with Crippen molar-refractivity contribution >= 4 is 0 Å². The first-order valence-corrected chi connectivity index (χ1v) is 13.8. The summed E-state index contributed by atoms with van der Waals surface area (Å²) in [6.07, 6.45) is -1.58. The summed E-state index contributed by atoms with van der Waals surface area (Å²) in [5.41, 5.74) is 3.46. The van der Waals surface area contributed by atoms with Gasteiger partial charge in [0.05, 0.1) is 45.2 Å². The molecule has 0 aromatic heterocycles. The Bertz CT molecular complexity index is 977. The molecule has 1 fully saturated rings. The number of ether oxygens (including phenoxy) is 3. The molecule has 2 N–H and O–H groups in total. The van der Waals surface area contributed by atoms with Crippen molar-refractivity contribution < 1.29 is 24.4 Å². The standard InChI is InChI=1S/C32H42N2O5/c35-30-20-33(18-27-10-4-1-5-11-27)16-17-34(19-28-12-6-2-7-13-28)21-31(36)24-38-26-32(25-37-23-30)39-22-29-14-8-3-9-15-29/h1-15,30-32,35-36H,16-26H2. The summed E-state index contributed by atoms with van der Waals surface area (Å²) in [6.45, 7) is 5.41. The van der Waals surface area contributed by atoms with E-state index in [1.54, 1.807) is 0 Å². The third-order valence-electron chi connectivity index (χ3n) is 6.72. The van der Waals surface area contributed by atoms with Crippen LogP contribution < -0.4 is 0 Å². The van der Waals surface area contributed by atoms with E-state index in [0.29, 0.717) is 32.9 Å². The Labute approximate surface area is 232 Å². The van der Waals surface area contributed by atoms with Crippen LogP contribution in [-0.4, -0.2) is 90.9 Å². The van der Waals surface area contributed by atoms with Gasteiger partial charge in [-0.15, -0.1) is 0 Å². The molecule has 0 saturated carbocycles. The highest BCUT2D eigenvalue weighted by molar-refractivity contribution is 5.16. The molecule has 1 saturated heterocycles. The average molecular weight is 535 g/mol. The van der Waals surface area contributed by atoms with Gasteiger partial charge in [0.25, 0.3) is 0 Å². The molecule has 0 aliphatic carbocycles. The van der Waals surface area contributed by atoms with Crippen LogP contribution in [0.1, 0.15) is 16.7 Å². The number of nitrogens with zero attached hydrogens (tertiary/aromatic N) is 2. The first kappa shape index (κ1) is 29.4. The molecule has 3 aromatic carbocycles. The van der Waals surface area contributed by atoms with Crippen molar-refractivity contribution in [3.63, 3.8) is 0 Å². The topological polar surface area (TPSA) is 74.6 Å². The molecule has 0 bridgehead atoms. The summed E-state index contributed by atoms with van der Waals surface area (Å²) in [7, 11) is 0. The SMILES string of the molecule is OC1COCC(OCc2ccccc2)COCC(O)CN(Cc2ccccc2)CCN(Cc2ccccc2)C1. The van der Waals surface area contributed by atoms with Gasteiger partial charge in [-0.2, -0.15) is 0 Å². The van der Waals surface area contributed by atoms with Crippen LogP contribution in [0.5, 0.6) is 0 Å². The van der Waals surface area contributed by atoms with E-state index in [4.69, 9.17) is 14.2 Å². The fraction of sp³-hybridized carbons (Fsp3) is 0.438. The number of hydrogen-bond acceptors (Lipinski definition) is 7. The number of benzene rings is 3. The van der Waals surface area contributed by atoms with E-state index in [0.717, 1.165) is 31.7 Å². The molecule has 3 aromatic rings. The van der Waals surface area contributed by atoms with Crippen LogP contribution in [0.15, 0.2) is 91.0 Å². The van der Waals surface area contributed by atoms with Crippen molar-refractivity contribution in [3.8, 4) is 0 Å². The molecule has 2 atom stereocenters. The Morgan fingerprint density at radius 1 is 0.590 bits per heavy atom. The van der Waals surface area contributed by atoms with E-state index in [1.807, 2.05) is 66.7 Å². The molecule has 0 amide bonds. The van der Waals surface area contributed by atoms with Gasteiger partial charge >= 0.3 is 0 Å². The Kier molecular flexibility index (Phi) is 12.4. The van der Waals surface area contributed by atoms with E-state index in [9.17, 15) is 10.2 Å². The van der Waals surface area contributed by atoms with Crippen molar-refractivity contribution in [1.82, 2.24) is 9.80 Å². The largest absolute Gasteiger partial charge is 0.389 e. The minimum Gasteiger partial charge on any atom is -0.389 e. The first-order valence-electron chi connectivity index (χ1n) is 13.8. The number of hydrogen-bond donors (Lipinski definition) is 2. The lowest BCUT2D eigenvalue weighted by Crippen LogP contribution is -2.42. The van der Waals surface area contributed by atoms with Crippen molar-refractivity contribution in [1.29, 1.82) is 0 Å². The maximum absolute atomic E-state index is 10.9. The molecule has 0 radical (unpaired) electrons. The van der Waals surface area contributed by atoms with Crippen LogP contribution in [0.4, 0.5) is 0 Å².